The van der Waals surface area contributed by atoms with Crippen molar-refractivity contribution >= 4 is 21.7 Å². The van der Waals surface area contributed by atoms with Crippen molar-refractivity contribution in [3.8, 4) is 5.75 Å². The predicted octanol–water partition coefficient (Wildman–Crippen LogP) is 3.39. The first-order chi connectivity index (χ1) is 7.66. The summed E-state index contributed by atoms with van der Waals surface area (Å²) in [7, 11) is 0. The van der Waals surface area contributed by atoms with Crippen LogP contribution in [-0.4, -0.2) is 10.9 Å². The zero-order chi connectivity index (χ0) is 11.5. The summed E-state index contributed by atoms with van der Waals surface area (Å²) < 4.78 is 0.860. The molecule has 0 aromatic heterocycles. The van der Waals surface area contributed by atoms with Crippen LogP contribution in [0.3, 0.4) is 0 Å². The van der Waals surface area contributed by atoms with E-state index in [0.29, 0.717) is 11.1 Å². The molecule has 0 bridgehead atoms. The highest BCUT2D eigenvalue weighted by Gasteiger charge is 2.09. The van der Waals surface area contributed by atoms with Crippen molar-refractivity contribution < 1.29 is 9.90 Å². The van der Waals surface area contributed by atoms with E-state index in [1.807, 2.05) is 6.07 Å². The van der Waals surface area contributed by atoms with Gasteiger partial charge in [-0.25, -0.2) is 0 Å². The smallest absolute Gasteiger partial charge is 0.193 e. The maximum Gasteiger partial charge on any atom is 0.193 e. The average Bonchev–Trinajstić information content (AvgIpc) is 2.28. The third kappa shape index (κ3) is 2.31. The summed E-state index contributed by atoms with van der Waals surface area (Å²) in [4.78, 5) is 12.0. The molecule has 0 radical (unpaired) electrons. The number of hydrogen-bond donors (Lipinski definition) is 1. The Hall–Kier alpha value is -1.61. The first-order valence-corrected chi connectivity index (χ1v) is 5.55. The Morgan fingerprint density at radius 2 is 1.62 bits per heavy atom. The van der Waals surface area contributed by atoms with Gasteiger partial charge in [0.1, 0.15) is 5.75 Å². The number of rotatable bonds is 2. The van der Waals surface area contributed by atoms with Gasteiger partial charge < -0.3 is 5.11 Å². The van der Waals surface area contributed by atoms with E-state index in [2.05, 4.69) is 15.9 Å². The Balaban J connectivity index is 2.39. The van der Waals surface area contributed by atoms with Crippen LogP contribution in [0.25, 0.3) is 0 Å². The maximum absolute atomic E-state index is 12.0. The lowest BCUT2D eigenvalue weighted by atomic mass is 10.0. The van der Waals surface area contributed by atoms with Gasteiger partial charge >= 0.3 is 0 Å². The second-order valence-electron chi connectivity index (χ2n) is 3.39. The highest BCUT2D eigenvalue weighted by atomic mass is 79.9. The van der Waals surface area contributed by atoms with Crippen LogP contribution >= 0.6 is 15.9 Å². The lowest BCUT2D eigenvalue weighted by Crippen LogP contribution is -2.00. The molecular weight excluding hydrogens is 268 g/mol. The first kappa shape index (κ1) is 10.9. The largest absolute Gasteiger partial charge is 0.508 e. The topological polar surface area (TPSA) is 37.3 Å². The fourth-order valence-electron chi connectivity index (χ4n) is 1.44. The zero-order valence-corrected chi connectivity index (χ0v) is 9.94. The standard InChI is InChI=1S/C13H9BrO2/c14-11-5-1-3-9(7-11)13(16)10-4-2-6-12(15)8-10/h1-8,15H. The maximum atomic E-state index is 12.0. The van der Waals surface area contributed by atoms with Gasteiger partial charge in [0.05, 0.1) is 0 Å². The highest BCUT2D eigenvalue weighted by Crippen LogP contribution is 2.18. The molecule has 0 amide bonds. The summed E-state index contributed by atoms with van der Waals surface area (Å²) >= 11 is 3.32. The van der Waals surface area contributed by atoms with Crippen LogP contribution in [-0.2, 0) is 0 Å². The Morgan fingerprint density at radius 1 is 1.00 bits per heavy atom. The monoisotopic (exact) mass is 276 g/mol. The first-order valence-electron chi connectivity index (χ1n) is 4.76. The van der Waals surface area contributed by atoms with Gasteiger partial charge in [0.15, 0.2) is 5.78 Å². The molecule has 2 nitrogen and oxygen atoms in total. The van der Waals surface area contributed by atoms with Crippen molar-refractivity contribution in [1.82, 2.24) is 0 Å². The van der Waals surface area contributed by atoms with Crippen LogP contribution in [0.5, 0.6) is 5.75 Å². The minimum atomic E-state index is -0.0998. The van der Waals surface area contributed by atoms with Gasteiger partial charge in [-0.2, -0.15) is 0 Å². The van der Waals surface area contributed by atoms with Crippen molar-refractivity contribution in [2.24, 2.45) is 0 Å². The Labute approximate surface area is 102 Å². The van der Waals surface area contributed by atoms with Crippen LogP contribution in [0.1, 0.15) is 15.9 Å². The number of carbonyl (C=O) groups excluding carboxylic acids is 1. The molecule has 0 aliphatic heterocycles. The molecule has 0 fully saturated rings. The van der Waals surface area contributed by atoms with Crippen LogP contribution < -0.4 is 0 Å². The van der Waals surface area contributed by atoms with E-state index in [1.54, 1.807) is 30.3 Å². The lowest BCUT2D eigenvalue weighted by molar-refractivity contribution is 0.103. The van der Waals surface area contributed by atoms with E-state index in [9.17, 15) is 9.90 Å². The summed E-state index contributed by atoms with van der Waals surface area (Å²) in [6, 6.07) is 13.5. The SMILES string of the molecule is O=C(c1cccc(O)c1)c1cccc(Br)c1. The zero-order valence-electron chi connectivity index (χ0n) is 8.35. The normalized spacial score (nSPS) is 10.1. The lowest BCUT2D eigenvalue weighted by Gasteiger charge is -2.02. The molecule has 16 heavy (non-hydrogen) atoms. The van der Waals surface area contributed by atoms with E-state index >= 15 is 0 Å². The van der Waals surface area contributed by atoms with Gasteiger partial charge in [0, 0.05) is 15.6 Å². The second-order valence-corrected chi connectivity index (χ2v) is 4.31. The van der Waals surface area contributed by atoms with E-state index in [4.69, 9.17) is 0 Å². The summed E-state index contributed by atoms with van der Waals surface area (Å²) in [5.41, 5.74) is 1.08. The Bertz CT molecular complexity index is 487. The van der Waals surface area contributed by atoms with Crippen molar-refractivity contribution in [1.29, 1.82) is 0 Å². The van der Waals surface area contributed by atoms with Gasteiger partial charge in [-0.1, -0.05) is 40.2 Å². The van der Waals surface area contributed by atoms with Gasteiger partial charge in [-0.05, 0) is 24.3 Å². The molecule has 2 aromatic rings. The third-order valence-electron chi connectivity index (χ3n) is 2.20. The van der Waals surface area contributed by atoms with E-state index in [-0.39, 0.29) is 11.5 Å². The number of phenols is 1. The van der Waals surface area contributed by atoms with Crippen LogP contribution in [0.4, 0.5) is 0 Å². The molecule has 80 valence electrons. The number of hydrogen-bond acceptors (Lipinski definition) is 2. The second kappa shape index (κ2) is 4.49. The molecule has 0 unspecified atom stereocenters. The number of aromatic hydroxyl groups is 1. The molecule has 0 heterocycles. The predicted molar refractivity (Wildman–Crippen MR) is 65.7 cm³/mol. The number of halogens is 1. The van der Waals surface area contributed by atoms with Crippen molar-refractivity contribution in [2.75, 3.05) is 0 Å². The molecule has 1 N–H and O–H groups in total. The number of phenolic OH excluding ortho intramolecular Hbond substituents is 1. The fourth-order valence-corrected chi connectivity index (χ4v) is 1.84. The fraction of sp³-hybridized carbons (Fsp3) is 0. The molecule has 0 aliphatic carbocycles. The van der Waals surface area contributed by atoms with Crippen molar-refractivity contribution in [3.63, 3.8) is 0 Å². The van der Waals surface area contributed by atoms with E-state index in [0.717, 1.165) is 4.47 Å². The summed E-state index contributed by atoms with van der Waals surface area (Å²) in [5.74, 6) is -0.00181. The van der Waals surface area contributed by atoms with Crippen molar-refractivity contribution in [2.45, 2.75) is 0 Å². The Morgan fingerprint density at radius 3 is 2.25 bits per heavy atom. The number of ketones is 1. The summed E-state index contributed by atoms with van der Waals surface area (Å²) in [5, 5.41) is 9.30. The van der Waals surface area contributed by atoms with E-state index < -0.39 is 0 Å². The van der Waals surface area contributed by atoms with E-state index in [1.165, 1.54) is 12.1 Å². The van der Waals surface area contributed by atoms with Crippen LogP contribution in [0.15, 0.2) is 53.0 Å². The third-order valence-corrected chi connectivity index (χ3v) is 2.69. The van der Waals surface area contributed by atoms with Gasteiger partial charge in [-0.3, -0.25) is 4.79 Å². The van der Waals surface area contributed by atoms with Gasteiger partial charge in [0.25, 0.3) is 0 Å². The Kier molecular flexibility index (Phi) is 3.06. The van der Waals surface area contributed by atoms with Crippen LogP contribution in [0.2, 0.25) is 0 Å². The molecule has 2 rings (SSSR count). The van der Waals surface area contributed by atoms with Gasteiger partial charge in [0.2, 0.25) is 0 Å². The quantitative estimate of drug-likeness (QED) is 0.854. The molecule has 0 aliphatic rings. The van der Waals surface area contributed by atoms with Crippen molar-refractivity contribution in [3.05, 3.63) is 64.1 Å². The number of carbonyl (C=O) groups is 1. The molecule has 2 aromatic carbocycles. The van der Waals surface area contributed by atoms with Gasteiger partial charge in [-0.15, -0.1) is 0 Å². The molecular formula is C13H9BrO2. The molecule has 0 spiro atoms. The summed E-state index contributed by atoms with van der Waals surface area (Å²) in [6.07, 6.45) is 0. The summed E-state index contributed by atoms with van der Waals surface area (Å²) in [6.45, 7) is 0. The average molecular weight is 277 g/mol. The minimum absolute atomic E-state index is 0.0980. The molecule has 3 heteroatoms. The number of benzene rings is 2. The highest BCUT2D eigenvalue weighted by molar-refractivity contribution is 9.10. The molecule has 0 saturated heterocycles. The van der Waals surface area contributed by atoms with Crippen LogP contribution in [0, 0.1) is 0 Å². The molecule has 0 saturated carbocycles. The molecule has 0 atom stereocenters. The minimum Gasteiger partial charge on any atom is -0.508 e.